The van der Waals surface area contributed by atoms with Crippen molar-refractivity contribution in [3.63, 3.8) is 0 Å². The highest BCUT2D eigenvalue weighted by Gasteiger charge is 2.32. The van der Waals surface area contributed by atoms with Crippen molar-refractivity contribution in [2.45, 2.75) is 32.4 Å². The van der Waals surface area contributed by atoms with Crippen LogP contribution in [0.1, 0.15) is 35.9 Å². The van der Waals surface area contributed by atoms with Gasteiger partial charge in [0.2, 0.25) is 5.91 Å². The number of halogens is 1. The highest BCUT2D eigenvalue weighted by Crippen LogP contribution is 2.37. The monoisotopic (exact) mass is 332 g/mol. The highest BCUT2D eigenvalue weighted by molar-refractivity contribution is 7.10. The molecule has 0 saturated heterocycles. The lowest BCUT2D eigenvalue weighted by Gasteiger charge is -2.36. The summed E-state index contributed by atoms with van der Waals surface area (Å²) >= 11 is 1.73. The van der Waals surface area contributed by atoms with E-state index in [0.717, 1.165) is 12.0 Å². The largest absolute Gasteiger partial charge is 0.330 e. The molecule has 1 aromatic carbocycles. The van der Waals surface area contributed by atoms with E-state index in [2.05, 4.69) is 16.8 Å². The molecule has 23 heavy (non-hydrogen) atoms. The number of fused-ring (bicyclic) bond motifs is 1. The number of rotatable bonds is 4. The Kier molecular flexibility index (Phi) is 4.78. The van der Waals surface area contributed by atoms with Gasteiger partial charge in [-0.1, -0.05) is 26.0 Å². The Morgan fingerprint density at radius 3 is 2.78 bits per heavy atom. The maximum atomic E-state index is 13.3. The average Bonchev–Trinajstić information content (AvgIpc) is 3.01. The zero-order valence-electron chi connectivity index (χ0n) is 13.4. The van der Waals surface area contributed by atoms with E-state index in [0.29, 0.717) is 13.1 Å². The number of hydrogen-bond acceptors (Lipinski definition) is 3. The first-order chi connectivity index (χ1) is 11.1. The van der Waals surface area contributed by atoms with Crippen LogP contribution in [-0.4, -0.2) is 29.9 Å². The van der Waals surface area contributed by atoms with Crippen molar-refractivity contribution >= 4 is 17.2 Å². The maximum absolute atomic E-state index is 13.3. The lowest BCUT2D eigenvalue weighted by atomic mass is 9.93. The predicted octanol–water partition coefficient (Wildman–Crippen LogP) is 3.36. The maximum Gasteiger partial charge on any atom is 0.237 e. The molecular formula is C18H21FN2OS. The summed E-state index contributed by atoms with van der Waals surface area (Å²) in [6.07, 6.45) is 0.887. The summed E-state index contributed by atoms with van der Waals surface area (Å²) in [4.78, 5) is 15.9. The van der Waals surface area contributed by atoms with Crippen molar-refractivity contribution < 1.29 is 9.18 Å². The minimum Gasteiger partial charge on any atom is -0.330 e. The predicted molar refractivity (Wildman–Crippen MR) is 91.1 cm³/mol. The number of carbonyl (C=O) groups excluding carboxylic acids is 1. The minimum absolute atomic E-state index is 0.0878. The zero-order chi connectivity index (χ0) is 16.4. The Labute approximate surface area is 140 Å². The third-order valence-electron chi connectivity index (χ3n) is 4.13. The molecule has 0 bridgehead atoms. The Balaban J connectivity index is 1.92. The standard InChI is InChI=1S/C18H21FN2OS/c1-12(2)20-11-17(22)21-9-7-16-15(8-10-23-16)18(21)13-3-5-14(19)6-4-13/h3-6,8,10,12,18,20H,7,9,11H2,1-2H3/t18-/m1/s1. The van der Waals surface area contributed by atoms with Gasteiger partial charge in [0.1, 0.15) is 5.82 Å². The van der Waals surface area contributed by atoms with Gasteiger partial charge >= 0.3 is 0 Å². The van der Waals surface area contributed by atoms with E-state index in [4.69, 9.17) is 0 Å². The smallest absolute Gasteiger partial charge is 0.237 e. The molecule has 1 atom stereocenters. The van der Waals surface area contributed by atoms with Gasteiger partial charge in [-0.05, 0) is 41.1 Å². The van der Waals surface area contributed by atoms with Crippen LogP contribution in [0.3, 0.4) is 0 Å². The molecule has 0 spiro atoms. The van der Waals surface area contributed by atoms with Crippen LogP contribution in [0.2, 0.25) is 0 Å². The highest BCUT2D eigenvalue weighted by atomic mass is 32.1. The number of nitrogens with one attached hydrogen (secondary N) is 1. The summed E-state index contributed by atoms with van der Waals surface area (Å²) in [6, 6.07) is 8.72. The second-order valence-corrected chi connectivity index (χ2v) is 7.13. The summed E-state index contributed by atoms with van der Waals surface area (Å²) in [5, 5.41) is 5.26. The SMILES string of the molecule is CC(C)NCC(=O)N1CCc2sccc2[C@H]1c1ccc(F)cc1. The van der Waals surface area contributed by atoms with Gasteiger partial charge in [0.25, 0.3) is 0 Å². The van der Waals surface area contributed by atoms with Gasteiger partial charge in [-0.3, -0.25) is 4.79 Å². The first-order valence-corrected chi connectivity index (χ1v) is 8.79. The molecule has 122 valence electrons. The van der Waals surface area contributed by atoms with Crippen molar-refractivity contribution in [1.29, 1.82) is 0 Å². The fourth-order valence-corrected chi connectivity index (χ4v) is 3.89. The quantitative estimate of drug-likeness (QED) is 0.931. The van der Waals surface area contributed by atoms with E-state index in [1.165, 1.54) is 22.6 Å². The van der Waals surface area contributed by atoms with Gasteiger partial charge in [-0.15, -0.1) is 11.3 Å². The number of thiophene rings is 1. The van der Waals surface area contributed by atoms with Crippen LogP contribution >= 0.6 is 11.3 Å². The van der Waals surface area contributed by atoms with Crippen LogP contribution in [0.25, 0.3) is 0 Å². The molecule has 0 fully saturated rings. The summed E-state index contributed by atoms with van der Waals surface area (Å²) in [6.45, 7) is 5.08. The van der Waals surface area contributed by atoms with E-state index in [9.17, 15) is 9.18 Å². The normalized spacial score (nSPS) is 17.4. The molecule has 1 aliphatic heterocycles. The van der Waals surface area contributed by atoms with Gasteiger partial charge < -0.3 is 10.2 Å². The molecule has 0 unspecified atom stereocenters. The molecule has 3 nitrogen and oxygen atoms in total. The molecular weight excluding hydrogens is 311 g/mol. The lowest BCUT2D eigenvalue weighted by Crippen LogP contribution is -2.45. The Morgan fingerprint density at radius 2 is 2.09 bits per heavy atom. The third kappa shape index (κ3) is 3.46. The van der Waals surface area contributed by atoms with Crippen LogP contribution in [0.5, 0.6) is 0 Å². The molecule has 1 aromatic heterocycles. The number of nitrogens with zero attached hydrogens (tertiary/aromatic N) is 1. The average molecular weight is 332 g/mol. The van der Waals surface area contributed by atoms with E-state index in [1.807, 2.05) is 18.7 Å². The van der Waals surface area contributed by atoms with Crippen LogP contribution < -0.4 is 5.32 Å². The third-order valence-corrected chi connectivity index (χ3v) is 5.13. The van der Waals surface area contributed by atoms with Gasteiger partial charge in [-0.25, -0.2) is 4.39 Å². The topological polar surface area (TPSA) is 32.3 Å². The minimum atomic E-state index is -0.255. The van der Waals surface area contributed by atoms with Gasteiger partial charge in [0.15, 0.2) is 0 Å². The molecule has 1 amide bonds. The van der Waals surface area contributed by atoms with Gasteiger partial charge in [0.05, 0.1) is 12.6 Å². The van der Waals surface area contributed by atoms with Crippen molar-refractivity contribution in [3.05, 3.63) is 57.5 Å². The molecule has 1 N–H and O–H groups in total. The Bertz CT molecular complexity index is 681. The van der Waals surface area contributed by atoms with Crippen molar-refractivity contribution in [3.8, 4) is 0 Å². The number of hydrogen-bond donors (Lipinski definition) is 1. The zero-order valence-corrected chi connectivity index (χ0v) is 14.2. The molecule has 0 radical (unpaired) electrons. The summed E-state index contributed by atoms with van der Waals surface area (Å²) in [5.41, 5.74) is 2.13. The molecule has 1 aliphatic rings. The molecule has 3 rings (SSSR count). The van der Waals surface area contributed by atoms with E-state index >= 15 is 0 Å². The van der Waals surface area contributed by atoms with Gasteiger partial charge in [-0.2, -0.15) is 0 Å². The molecule has 0 aliphatic carbocycles. The lowest BCUT2D eigenvalue weighted by molar-refractivity contribution is -0.132. The van der Waals surface area contributed by atoms with Gasteiger partial charge in [0, 0.05) is 17.5 Å². The Morgan fingerprint density at radius 1 is 1.35 bits per heavy atom. The number of benzene rings is 1. The van der Waals surface area contributed by atoms with Crippen molar-refractivity contribution in [1.82, 2.24) is 10.2 Å². The first kappa shape index (κ1) is 16.1. The summed E-state index contributed by atoms with van der Waals surface area (Å²) in [5.74, 6) is -0.167. The molecule has 2 aromatic rings. The van der Waals surface area contributed by atoms with Crippen LogP contribution in [0.15, 0.2) is 35.7 Å². The van der Waals surface area contributed by atoms with Crippen molar-refractivity contribution in [2.75, 3.05) is 13.1 Å². The number of amides is 1. The van der Waals surface area contributed by atoms with Crippen molar-refractivity contribution in [2.24, 2.45) is 0 Å². The summed E-state index contributed by atoms with van der Waals surface area (Å²) in [7, 11) is 0. The van der Waals surface area contributed by atoms with Crippen LogP contribution in [0, 0.1) is 5.82 Å². The molecule has 5 heteroatoms. The fourth-order valence-electron chi connectivity index (χ4n) is 2.98. The van der Waals surface area contributed by atoms with Crippen LogP contribution in [0.4, 0.5) is 4.39 Å². The fraction of sp³-hybridized carbons (Fsp3) is 0.389. The molecule has 0 saturated carbocycles. The van der Waals surface area contributed by atoms with E-state index in [1.54, 1.807) is 23.5 Å². The Hall–Kier alpha value is -1.72. The van der Waals surface area contributed by atoms with E-state index in [-0.39, 0.29) is 23.8 Å². The summed E-state index contributed by atoms with van der Waals surface area (Å²) < 4.78 is 13.3. The first-order valence-electron chi connectivity index (χ1n) is 7.91. The second-order valence-electron chi connectivity index (χ2n) is 6.13. The van der Waals surface area contributed by atoms with E-state index < -0.39 is 0 Å². The van der Waals surface area contributed by atoms with Crippen LogP contribution in [-0.2, 0) is 11.2 Å². The molecule has 2 heterocycles. The second kappa shape index (κ2) is 6.81. The number of carbonyl (C=O) groups is 1.